The number of hydrogen-bond donors (Lipinski definition) is 1. The molecule has 4 heteroatoms. The number of likely N-dealkylation sites (tertiary alicyclic amines) is 1. The van der Waals surface area contributed by atoms with Crippen LogP contribution in [-0.4, -0.2) is 48.5 Å². The summed E-state index contributed by atoms with van der Waals surface area (Å²) in [6.45, 7) is 3.78. The van der Waals surface area contributed by atoms with Gasteiger partial charge in [0.1, 0.15) is 12.2 Å². The SMILES string of the molecule is CCO[C@H]1C=C[C@H]2[C@H]3Cc4ccc(O)c5c4[C@@]2(CCN3C)[C@H]1O5. The standard InChI is InChI=1S/C19H23NO3/c1-3-22-15-7-5-12-13-10-11-4-6-14(21)17-16(11)19(12,18(15)23-17)8-9-20(13)2/h4-7,12-13,15,18,21H,3,8-10H2,1-2H3/t12-,13+,15-,18-,19-/m0/s1. The van der Waals surface area contributed by atoms with Gasteiger partial charge < -0.3 is 19.5 Å². The summed E-state index contributed by atoms with van der Waals surface area (Å²) in [5, 5.41) is 10.4. The summed E-state index contributed by atoms with van der Waals surface area (Å²) in [7, 11) is 2.23. The second kappa shape index (κ2) is 4.52. The summed E-state index contributed by atoms with van der Waals surface area (Å²) in [5.41, 5.74) is 2.58. The van der Waals surface area contributed by atoms with Crippen molar-refractivity contribution >= 4 is 0 Å². The van der Waals surface area contributed by atoms with Crippen LogP contribution in [0.15, 0.2) is 24.3 Å². The minimum Gasteiger partial charge on any atom is -0.504 e. The van der Waals surface area contributed by atoms with Crippen molar-refractivity contribution in [2.75, 3.05) is 20.2 Å². The first-order valence-electron chi connectivity index (χ1n) is 8.69. The van der Waals surface area contributed by atoms with E-state index in [4.69, 9.17) is 9.47 Å². The average Bonchev–Trinajstić information content (AvgIpc) is 2.90. The molecule has 1 N–H and O–H groups in total. The first kappa shape index (κ1) is 13.9. The lowest BCUT2D eigenvalue weighted by molar-refractivity contribution is -0.0681. The second-order valence-corrected chi connectivity index (χ2v) is 7.36. The lowest BCUT2D eigenvalue weighted by Crippen LogP contribution is -2.65. The number of likely N-dealkylation sites (N-methyl/N-ethyl adjacent to an activating group) is 1. The molecule has 0 radical (unpaired) electrons. The molecule has 1 saturated heterocycles. The highest BCUT2D eigenvalue weighted by atomic mass is 16.5. The Morgan fingerprint density at radius 3 is 3.09 bits per heavy atom. The fourth-order valence-electron chi connectivity index (χ4n) is 5.56. The third-order valence-electron chi connectivity index (χ3n) is 6.49. The lowest BCUT2D eigenvalue weighted by Gasteiger charge is -2.56. The van der Waals surface area contributed by atoms with Crippen molar-refractivity contribution in [1.82, 2.24) is 4.90 Å². The van der Waals surface area contributed by atoms with E-state index in [1.165, 1.54) is 11.1 Å². The van der Waals surface area contributed by atoms with E-state index in [-0.39, 0.29) is 23.4 Å². The van der Waals surface area contributed by atoms with Gasteiger partial charge in [-0.25, -0.2) is 0 Å². The predicted octanol–water partition coefficient (Wildman–Crippen LogP) is 2.24. The molecule has 1 aromatic carbocycles. The summed E-state index contributed by atoms with van der Waals surface area (Å²) in [6.07, 6.45) is 6.60. The molecule has 0 unspecified atom stereocenters. The van der Waals surface area contributed by atoms with E-state index in [1.54, 1.807) is 6.07 Å². The number of piperidine rings is 1. The van der Waals surface area contributed by atoms with Crippen LogP contribution in [0, 0.1) is 5.92 Å². The van der Waals surface area contributed by atoms with Gasteiger partial charge in [0.2, 0.25) is 0 Å². The molecule has 0 amide bonds. The second-order valence-electron chi connectivity index (χ2n) is 7.36. The molecule has 0 saturated carbocycles. The highest BCUT2D eigenvalue weighted by Gasteiger charge is 2.64. The van der Waals surface area contributed by atoms with Crippen LogP contribution in [-0.2, 0) is 16.6 Å². The van der Waals surface area contributed by atoms with Gasteiger partial charge in [0.25, 0.3) is 0 Å². The highest BCUT2D eigenvalue weighted by Crippen LogP contribution is 2.62. The van der Waals surface area contributed by atoms with E-state index in [2.05, 4.69) is 30.2 Å². The van der Waals surface area contributed by atoms with Crippen LogP contribution in [0.4, 0.5) is 0 Å². The van der Waals surface area contributed by atoms with E-state index in [0.717, 1.165) is 19.4 Å². The topological polar surface area (TPSA) is 41.9 Å². The molecule has 1 fully saturated rings. The molecule has 1 aromatic rings. The summed E-state index contributed by atoms with van der Waals surface area (Å²) in [4.78, 5) is 2.49. The summed E-state index contributed by atoms with van der Waals surface area (Å²) < 4.78 is 12.4. The Morgan fingerprint density at radius 1 is 1.39 bits per heavy atom. The third kappa shape index (κ3) is 1.54. The number of phenolic OH excluding ortho intramolecular Hbond substituents is 1. The van der Waals surface area contributed by atoms with Crippen LogP contribution in [0.1, 0.15) is 24.5 Å². The van der Waals surface area contributed by atoms with Gasteiger partial charge in [-0.15, -0.1) is 0 Å². The molecule has 4 aliphatic rings. The van der Waals surface area contributed by atoms with Gasteiger partial charge in [-0.3, -0.25) is 0 Å². The minimum absolute atomic E-state index is 0.0176. The molecule has 5 atom stereocenters. The molecule has 23 heavy (non-hydrogen) atoms. The number of aromatic hydroxyl groups is 1. The number of rotatable bonds is 2. The fraction of sp³-hybridized carbons (Fsp3) is 0.579. The molecule has 0 aromatic heterocycles. The van der Waals surface area contributed by atoms with Gasteiger partial charge >= 0.3 is 0 Å². The lowest BCUT2D eigenvalue weighted by atomic mass is 9.53. The molecule has 2 bridgehead atoms. The van der Waals surface area contributed by atoms with Crippen molar-refractivity contribution in [3.63, 3.8) is 0 Å². The molecule has 122 valence electrons. The molecular weight excluding hydrogens is 290 g/mol. The van der Waals surface area contributed by atoms with E-state index in [9.17, 15) is 5.11 Å². The maximum Gasteiger partial charge on any atom is 0.165 e. The Hall–Kier alpha value is -1.52. The zero-order valence-electron chi connectivity index (χ0n) is 13.7. The van der Waals surface area contributed by atoms with Gasteiger partial charge in [0, 0.05) is 29.5 Å². The maximum atomic E-state index is 10.4. The minimum atomic E-state index is -0.0343. The van der Waals surface area contributed by atoms with Crippen molar-refractivity contribution in [3.8, 4) is 11.5 Å². The predicted molar refractivity (Wildman–Crippen MR) is 87.0 cm³/mol. The Kier molecular flexibility index (Phi) is 2.73. The van der Waals surface area contributed by atoms with Crippen molar-refractivity contribution in [2.24, 2.45) is 5.92 Å². The van der Waals surface area contributed by atoms with Gasteiger partial charge in [-0.1, -0.05) is 18.2 Å². The van der Waals surface area contributed by atoms with E-state index >= 15 is 0 Å². The van der Waals surface area contributed by atoms with Crippen LogP contribution in [0.2, 0.25) is 0 Å². The monoisotopic (exact) mass is 313 g/mol. The first-order valence-corrected chi connectivity index (χ1v) is 8.69. The summed E-state index contributed by atoms with van der Waals surface area (Å²) >= 11 is 0. The van der Waals surface area contributed by atoms with Crippen LogP contribution in [0.3, 0.4) is 0 Å². The Balaban J connectivity index is 1.76. The maximum absolute atomic E-state index is 10.4. The molecule has 5 rings (SSSR count). The zero-order chi connectivity index (χ0) is 15.8. The van der Waals surface area contributed by atoms with Crippen LogP contribution < -0.4 is 4.74 Å². The van der Waals surface area contributed by atoms with Crippen LogP contribution >= 0.6 is 0 Å². The van der Waals surface area contributed by atoms with E-state index < -0.39 is 0 Å². The smallest absolute Gasteiger partial charge is 0.165 e. The summed E-state index contributed by atoms with van der Waals surface area (Å²) in [5.74, 6) is 1.44. The van der Waals surface area contributed by atoms with Gasteiger partial charge in [0.15, 0.2) is 11.5 Å². The quantitative estimate of drug-likeness (QED) is 0.850. The third-order valence-corrected chi connectivity index (χ3v) is 6.49. The molecular formula is C19H23NO3. The number of nitrogens with zero attached hydrogens (tertiary/aromatic N) is 1. The number of phenols is 1. The molecule has 2 heterocycles. The van der Waals surface area contributed by atoms with E-state index in [0.29, 0.717) is 24.3 Å². The fourth-order valence-corrected chi connectivity index (χ4v) is 5.56. The first-order chi connectivity index (χ1) is 11.2. The van der Waals surface area contributed by atoms with Gasteiger partial charge in [-0.2, -0.15) is 0 Å². The molecule has 2 aliphatic carbocycles. The largest absolute Gasteiger partial charge is 0.504 e. The molecule has 4 nitrogen and oxygen atoms in total. The number of benzene rings is 1. The Morgan fingerprint density at radius 2 is 2.26 bits per heavy atom. The van der Waals surface area contributed by atoms with Crippen molar-refractivity contribution in [3.05, 3.63) is 35.4 Å². The Labute approximate surface area is 136 Å². The Bertz CT molecular complexity index is 700. The van der Waals surface area contributed by atoms with Crippen molar-refractivity contribution in [2.45, 2.75) is 43.4 Å². The highest BCUT2D eigenvalue weighted by molar-refractivity contribution is 5.61. The van der Waals surface area contributed by atoms with Crippen LogP contribution in [0.25, 0.3) is 0 Å². The summed E-state index contributed by atoms with van der Waals surface area (Å²) in [6, 6.07) is 4.40. The van der Waals surface area contributed by atoms with Crippen molar-refractivity contribution in [1.29, 1.82) is 0 Å². The van der Waals surface area contributed by atoms with Gasteiger partial charge in [0.05, 0.1) is 0 Å². The normalized spacial score (nSPS) is 39.9. The molecule has 2 aliphatic heterocycles. The average molecular weight is 313 g/mol. The number of hydrogen-bond acceptors (Lipinski definition) is 4. The van der Waals surface area contributed by atoms with E-state index in [1.807, 2.05) is 6.92 Å². The van der Waals surface area contributed by atoms with Crippen molar-refractivity contribution < 1.29 is 14.6 Å². The zero-order valence-corrected chi connectivity index (χ0v) is 13.7. The molecule has 1 spiro atoms. The van der Waals surface area contributed by atoms with Gasteiger partial charge in [-0.05, 0) is 45.0 Å². The van der Waals surface area contributed by atoms with Crippen LogP contribution in [0.5, 0.6) is 11.5 Å². The number of ether oxygens (including phenoxy) is 2.